The summed E-state index contributed by atoms with van der Waals surface area (Å²) in [6.45, 7) is 2.32. The van der Waals surface area contributed by atoms with Gasteiger partial charge in [0.2, 0.25) is 6.79 Å². The summed E-state index contributed by atoms with van der Waals surface area (Å²) >= 11 is 0. The number of likely N-dealkylation sites (tertiary alicyclic amines) is 1. The first-order valence-corrected chi connectivity index (χ1v) is 7.48. The van der Waals surface area contributed by atoms with Crippen molar-refractivity contribution in [3.8, 4) is 11.5 Å². The van der Waals surface area contributed by atoms with Crippen LogP contribution in [-0.4, -0.2) is 49.0 Å². The fourth-order valence-corrected chi connectivity index (χ4v) is 2.70. The number of benzene rings is 1. The second-order valence-corrected chi connectivity index (χ2v) is 5.35. The summed E-state index contributed by atoms with van der Waals surface area (Å²) in [7, 11) is 0. The molecule has 122 valence electrons. The molecule has 1 aromatic carbocycles. The van der Waals surface area contributed by atoms with Crippen molar-refractivity contribution in [1.29, 1.82) is 0 Å². The predicted octanol–water partition coefficient (Wildman–Crippen LogP) is 1.01. The molecule has 3 rings (SSSR count). The van der Waals surface area contributed by atoms with E-state index in [1.165, 1.54) is 4.90 Å². The molecule has 0 aromatic heterocycles. The molecule has 2 aliphatic heterocycles. The van der Waals surface area contributed by atoms with E-state index >= 15 is 0 Å². The number of ketones is 1. The molecule has 1 atom stereocenters. The second kappa shape index (κ2) is 6.28. The Balaban J connectivity index is 1.68. The van der Waals surface area contributed by atoms with Gasteiger partial charge >= 0.3 is 5.97 Å². The lowest BCUT2D eigenvalue weighted by molar-refractivity contribution is -0.153. The van der Waals surface area contributed by atoms with Gasteiger partial charge in [0, 0.05) is 12.1 Å². The van der Waals surface area contributed by atoms with Gasteiger partial charge in [-0.1, -0.05) is 0 Å². The molecule has 0 N–H and O–H groups in total. The Morgan fingerprint density at radius 2 is 2.09 bits per heavy atom. The Labute approximate surface area is 133 Å². The van der Waals surface area contributed by atoms with Crippen molar-refractivity contribution < 1.29 is 28.6 Å². The summed E-state index contributed by atoms with van der Waals surface area (Å²) < 4.78 is 15.3. The quantitative estimate of drug-likeness (QED) is 0.611. The maximum atomic E-state index is 12.5. The van der Waals surface area contributed by atoms with E-state index in [0.717, 1.165) is 0 Å². The van der Waals surface area contributed by atoms with Crippen LogP contribution in [0.1, 0.15) is 23.7 Å². The molecule has 7 heteroatoms. The van der Waals surface area contributed by atoms with Crippen LogP contribution in [0.2, 0.25) is 0 Å². The number of carbonyl (C=O) groups excluding carboxylic acids is 3. The van der Waals surface area contributed by atoms with Crippen LogP contribution in [0.15, 0.2) is 18.2 Å². The lowest BCUT2D eigenvalue weighted by atomic mass is 9.95. The first-order valence-electron chi connectivity index (χ1n) is 7.48. The maximum absolute atomic E-state index is 12.5. The predicted molar refractivity (Wildman–Crippen MR) is 78.2 cm³/mol. The minimum absolute atomic E-state index is 0.0866. The number of nitrogens with zero attached hydrogens (tertiary/aromatic N) is 1. The van der Waals surface area contributed by atoms with Crippen molar-refractivity contribution in [3.05, 3.63) is 23.8 Å². The number of carbonyl (C=O) groups is 3. The summed E-state index contributed by atoms with van der Waals surface area (Å²) in [6, 6.07) is 4.91. The fourth-order valence-electron chi connectivity index (χ4n) is 2.70. The van der Waals surface area contributed by atoms with Gasteiger partial charge in [-0.3, -0.25) is 14.4 Å². The van der Waals surface area contributed by atoms with Crippen LogP contribution in [0.4, 0.5) is 0 Å². The number of hydrogen-bond acceptors (Lipinski definition) is 6. The van der Waals surface area contributed by atoms with E-state index in [0.29, 0.717) is 23.6 Å². The van der Waals surface area contributed by atoms with Crippen molar-refractivity contribution in [2.45, 2.75) is 13.3 Å². The largest absolute Gasteiger partial charge is 0.465 e. The number of amides is 1. The zero-order valence-electron chi connectivity index (χ0n) is 12.7. The van der Waals surface area contributed by atoms with Crippen LogP contribution in [0.3, 0.4) is 0 Å². The minimum Gasteiger partial charge on any atom is -0.465 e. The van der Waals surface area contributed by atoms with Gasteiger partial charge in [0.1, 0.15) is 5.92 Å². The number of hydrogen-bond donors (Lipinski definition) is 0. The lowest BCUT2D eigenvalue weighted by Gasteiger charge is -2.29. The molecule has 1 unspecified atom stereocenters. The minimum atomic E-state index is -0.768. The van der Waals surface area contributed by atoms with Crippen LogP contribution in [0.5, 0.6) is 11.5 Å². The fraction of sp³-hybridized carbons (Fsp3) is 0.438. The molecule has 1 saturated heterocycles. The molecular weight excluding hydrogens is 302 g/mol. The summed E-state index contributed by atoms with van der Waals surface area (Å²) in [5.41, 5.74) is 0.427. The SMILES string of the molecule is CCOC(=O)C1CCN(C(=O)c2ccc3c(c2)OCO3)CC1=O. The highest BCUT2D eigenvalue weighted by Gasteiger charge is 2.35. The molecule has 0 radical (unpaired) electrons. The van der Waals surface area contributed by atoms with Gasteiger partial charge in [0.15, 0.2) is 17.3 Å². The normalized spacial score (nSPS) is 19.6. The third-order valence-electron chi connectivity index (χ3n) is 3.90. The van der Waals surface area contributed by atoms with Gasteiger partial charge < -0.3 is 19.1 Å². The van der Waals surface area contributed by atoms with Gasteiger partial charge in [0.05, 0.1) is 13.2 Å². The van der Waals surface area contributed by atoms with Crippen molar-refractivity contribution in [1.82, 2.24) is 4.90 Å². The second-order valence-electron chi connectivity index (χ2n) is 5.35. The number of rotatable bonds is 3. The third-order valence-corrected chi connectivity index (χ3v) is 3.90. The number of fused-ring (bicyclic) bond motifs is 1. The Morgan fingerprint density at radius 1 is 1.30 bits per heavy atom. The highest BCUT2D eigenvalue weighted by Crippen LogP contribution is 2.33. The van der Waals surface area contributed by atoms with Crippen molar-refractivity contribution in [3.63, 3.8) is 0 Å². The molecule has 1 amide bonds. The van der Waals surface area contributed by atoms with Crippen LogP contribution in [-0.2, 0) is 14.3 Å². The van der Waals surface area contributed by atoms with Gasteiger partial charge in [-0.25, -0.2) is 0 Å². The number of esters is 1. The molecule has 2 heterocycles. The Morgan fingerprint density at radius 3 is 2.83 bits per heavy atom. The number of piperidine rings is 1. The molecule has 0 aliphatic carbocycles. The van der Waals surface area contributed by atoms with E-state index in [1.807, 2.05) is 0 Å². The molecule has 23 heavy (non-hydrogen) atoms. The van der Waals surface area contributed by atoms with Gasteiger partial charge in [-0.05, 0) is 31.5 Å². The molecule has 0 bridgehead atoms. The summed E-state index contributed by atoms with van der Waals surface area (Å²) in [6.07, 6.45) is 0.286. The number of ether oxygens (including phenoxy) is 3. The first-order chi connectivity index (χ1) is 11.1. The molecule has 2 aliphatic rings. The highest BCUT2D eigenvalue weighted by atomic mass is 16.7. The standard InChI is InChI=1S/C16H17NO6/c1-2-21-16(20)11-5-6-17(8-12(11)18)15(19)10-3-4-13-14(7-10)23-9-22-13/h3-4,7,11H,2,5-6,8-9H2,1H3. The van der Waals surface area contributed by atoms with Crippen LogP contribution < -0.4 is 9.47 Å². The van der Waals surface area contributed by atoms with Crippen molar-refractivity contribution in [2.24, 2.45) is 5.92 Å². The van der Waals surface area contributed by atoms with E-state index in [9.17, 15) is 14.4 Å². The lowest BCUT2D eigenvalue weighted by Crippen LogP contribution is -2.46. The van der Waals surface area contributed by atoms with Crippen LogP contribution >= 0.6 is 0 Å². The zero-order chi connectivity index (χ0) is 16.4. The van der Waals surface area contributed by atoms with E-state index in [-0.39, 0.29) is 38.1 Å². The summed E-state index contributed by atoms with van der Waals surface area (Å²) in [5.74, 6) is -0.714. The van der Waals surface area contributed by atoms with E-state index < -0.39 is 11.9 Å². The van der Waals surface area contributed by atoms with Gasteiger partial charge in [-0.15, -0.1) is 0 Å². The smallest absolute Gasteiger partial charge is 0.316 e. The van der Waals surface area contributed by atoms with Crippen molar-refractivity contribution in [2.75, 3.05) is 26.5 Å². The molecule has 0 spiro atoms. The summed E-state index contributed by atoms with van der Waals surface area (Å²) in [5, 5.41) is 0. The first kappa shape index (κ1) is 15.3. The maximum Gasteiger partial charge on any atom is 0.316 e. The topological polar surface area (TPSA) is 82.1 Å². The summed E-state index contributed by atoms with van der Waals surface area (Å²) in [4.78, 5) is 37.8. The monoisotopic (exact) mass is 319 g/mol. The number of Topliss-reactive ketones (excluding diaryl/α,β-unsaturated/α-hetero) is 1. The average Bonchev–Trinajstić information content (AvgIpc) is 3.01. The Kier molecular flexibility index (Phi) is 4.18. The third kappa shape index (κ3) is 2.99. The molecule has 7 nitrogen and oxygen atoms in total. The molecule has 1 fully saturated rings. The zero-order valence-corrected chi connectivity index (χ0v) is 12.7. The van der Waals surface area contributed by atoms with Gasteiger partial charge in [0.25, 0.3) is 5.91 Å². The van der Waals surface area contributed by atoms with Crippen LogP contribution in [0.25, 0.3) is 0 Å². The van der Waals surface area contributed by atoms with E-state index in [2.05, 4.69) is 0 Å². The Bertz CT molecular complexity index is 656. The average molecular weight is 319 g/mol. The van der Waals surface area contributed by atoms with E-state index in [1.54, 1.807) is 25.1 Å². The molecule has 1 aromatic rings. The highest BCUT2D eigenvalue weighted by molar-refractivity contribution is 6.04. The van der Waals surface area contributed by atoms with Crippen LogP contribution in [0, 0.1) is 5.92 Å². The Hall–Kier alpha value is -2.57. The molecule has 0 saturated carbocycles. The van der Waals surface area contributed by atoms with E-state index in [4.69, 9.17) is 14.2 Å². The van der Waals surface area contributed by atoms with Crippen molar-refractivity contribution >= 4 is 17.7 Å². The van der Waals surface area contributed by atoms with Gasteiger partial charge in [-0.2, -0.15) is 0 Å². The molecular formula is C16H17NO6.